The van der Waals surface area contributed by atoms with E-state index >= 15 is 0 Å². The molecule has 4 rings (SSSR count). The first-order chi connectivity index (χ1) is 12.5. The van der Waals surface area contributed by atoms with E-state index in [4.69, 9.17) is 18.0 Å². The standard InChI is InChI=1S/C20H19N3OS2/c1-11-7-9-13(10-8-11)23-19(21)18(26-20(23)25)17(24)16-12(2)22-15-6-4-3-5-14(15)16/h3-10,12,16,22H,21H2,1-2H3/t12-,16-/m1/s1. The fraction of sp³-hybridized carbons (Fsp3) is 0.200. The van der Waals surface area contributed by atoms with Crippen molar-refractivity contribution in [2.24, 2.45) is 0 Å². The predicted octanol–water partition coefficient (Wildman–Crippen LogP) is 4.94. The molecule has 0 bridgehead atoms. The van der Waals surface area contributed by atoms with E-state index in [9.17, 15) is 4.79 Å². The summed E-state index contributed by atoms with van der Waals surface area (Å²) in [5, 5.41) is 3.39. The maximum Gasteiger partial charge on any atom is 0.186 e. The number of thiazole rings is 1. The molecular formula is C20H19N3OS2. The zero-order valence-electron chi connectivity index (χ0n) is 14.5. The minimum atomic E-state index is -0.256. The van der Waals surface area contributed by atoms with Gasteiger partial charge in [-0.3, -0.25) is 9.36 Å². The second kappa shape index (κ2) is 6.37. The van der Waals surface area contributed by atoms with Crippen molar-refractivity contribution in [3.63, 3.8) is 0 Å². The highest BCUT2D eigenvalue weighted by atomic mass is 32.1. The monoisotopic (exact) mass is 381 g/mol. The number of carbonyl (C=O) groups is 1. The molecule has 4 nitrogen and oxygen atoms in total. The van der Waals surface area contributed by atoms with Crippen LogP contribution in [0.1, 0.15) is 33.6 Å². The molecular weight excluding hydrogens is 362 g/mol. The van der Waals surface area contributed by atoms with E-state index in [1.54, 1.807) is 4.57 Å². The van der Waals surface area contributed by atoms with E-state index < -0.39 is 0 Å². The van der Waals surface area contributed by atoms with Gasteiger partial charge in [-0.2, -0.15) is 0 Å². The van der Waals surface area contributed by atoms with Crippen molar-refractivity contribution >= 4 is 40.8 Å². The second-order valence-corrected chi connectivity index (χ2v) is 8.26. The number of Topliss-reactive ketones (excluding diaryl/α,β-unsaturated/α-hetero) is 1. The lowest BCUT2D eigenvalue weighted by atomic mass is 9.91. The molecule has 6 heteroatoms. The van der Waals surface area contributed by atoms with Gasteiger partial charge in [-0.05, 0) is 49.8 Å². The van der Waals surface area contributed by atoms with Gasteiger partial charge >= 0.3 is 0 Å². The van der Waals surface area contributed by atoms with Crippen molar-refractivity contribution in [3.8, 4) is 5.69 Å². The summed E-state index contributed by atoms with van der Waals surface area (Å²) in [5.41, 5.74) is 10.4. The Bertz CT molecular complexity index is 1050. The predicted molar refractivity (Wildman–Crippen MR) is 110 cm³/mol. The number of nitrogens with one attached hydrogen (secondary N) is 1. The van der Waals surface area contributed by atoms with Crippen LogP contribution >= 0.6 is 23.6 Å². The fourth-order valence-corrected chi connectivity index (χ4v) is 4.85. The molecule has 0 radical (unpaired) electrons. The molecule has 2 atom stereocenters. The topological polar surface area (TPSA) is 60.0 Å². The van der Waals surface area contributed by atoms with Gasteiger partial charge in [-0.15, -0.1) is 0 Å². The van der Waals surface area contributed by atoms with Crippen LogP contribution in [0.3, 0.4) is 0 Å². The van der Waals surface area contributed by atoms with Crippen LogP contribution in [0.25, 0.3) is 5.69 Å². The molecule has 2 heterocycles. The Balaban J connectivity index is 1.78. The number of aryl methyl sites for hydroxylation is 1. The molecule has 3 N–H and O–H groups in total. The van der Waals surface area contributed by atoms with Gasteiger partial charge in [0.15, 0.2) is 9.74 Å². The van der Waals surface area contributed by atoms with E-state index in [1.165, 1.54) is 11.3 Å². The quantitative estimate of drug-likeness (QED) is 0.498. The molecule has 1 aromatic heterocycles. The molecule has 0 unspecified atom stereocenters. The highest BCUT2D eigenvalue weighted by molar-refractivity contribution is 7.73. The van der Waals surface area contributed by atoms with E-state index in [0.717, 1.165) is 22.5 Å². The Kier molecular flexibility index (Phi) is 4.17. The van der Waals surface area contributed by atoms with Gasteiger partial charge < -0.3 is 11.1 Å². The number of nitrogen functional groups attached to an aromatic ring is 1. The zero-order valence-corrected chi connectivity index (χ0v) is 16.2. The third-order valence-corrected chi connectivity index (χ3v) is 6.23. The lowest BCUT2D eigenvalue weighted by Gasteiger charge is -2.14. The van der Waals surface area contributed by atoms with Crippen LogP contribution in [0.2, 0.25) is 0 Å². The van der Waals surface area contributed by atoms with Crippen molar-refractivity contribution in [1.29, 1.82) is 0 Å². The molecule has 0 amide bonds. The van der Waals surface area contributed by atoms with Gasteiger partial charge in [0.2, 0.25) is 0 Å². The maximum absolute atomic E-state index is 13.3. The van der Waals surface area contributed by atoms with E-state index in [0.29, 0.717) is 14.6 Å². The van der Waals surface area contributed by atoms with Crippen LogP contribution < -0.4 is 11.1 Å². The number of fused-ring (bicyclic) bond motifs is 1. The number of benzene rings is 2. The van der Waals surface area contributed by atoms with Crippen LogP contribution in [0, 0.1) is 10.9 Å². The van der Waals surface area contributed by atoms with Gasteiger partial charge in [0.1, 0.15) is 10.7 Å². The highest BCUT2D eigenvalue weighted by Crippen LogP contribution is 2.40. The maximum atomic E-state index is 13.3. The van der Waals surface area contributed by atoms with Crippen LogP contribution in [0.4, 0.5) is 11.5 Å². The van der Waals surface area contributed by atoms with Crippen LogP contribution in [-0.4, -0.2) is 16.4 Å². The first-order valence-electron chi connectivity index (χ1n) is 8.45. The summed E-state index contributed by atoms with van der Waals surface area (Å²) in [6, 6.07) is 15.9. The summed E-state index contributed by atoms with van der Waals surface area (Å²) in [7, 11) is 0. The molecule has 0 aliphatic carbocycles. The third kappa shape index (κ3) is 2.66. The molecule has 0 saturated heterocycles. The molecule has 26 heavy (non-hydrogen) atoms. The average Bonchev–Trinajstić information content (AvgIpc) is 3.11. The molecule has 0 saturated carbocycles. The second-order valence-electron chi connectivity index (χ2n) is 6.62. The molecule has 0 fully saturated rings. The Morgan fingerprint density at radius 2 is 1.88 bits per heavy atom. The Labute approximate surface area is 161 Å². The molecule has 1 aliphatic heterocycles. The highest BCUT2D eigenvalue weighted by Gasteiger charge is 2.36. The largest absolute Gasteiger partial charge is 0.383 e. The number of para-hydroxylation sites is 1. The lowest BCUT2D eigenvalue weighted by Crippen LogP contribution is -2.24. The number of carbonyl (C=O) groups excluding carboxylic acids is 1. The van der Waals surface area contributed by atoms with Gasteiger partial charge in [0.25, 0.3) is 0 Å². The van der Waals surface area contributed by atoms with Crippen molar-refractivity contribution < 1.29 is 4.79 Å². The number of hydrogen-bond donors (Lipinski definition) is 2. The third-order valence-electron chi connectivity index (χ3n) is 4.82. The summed E-state index contributed by atoms with van der Waals surface area (Å²) in [6.07, 6.45) is 0. The Hall–Kier alpha value is -2.44. The molecule has 132 valence electrons. The molecule has 1 aliphatic rings. The first kappa shape index (κ1) is 17.0. The minimum Gasteiger partial charge on any atom is -0.383 e. The Morgan fingerprint density at radius 1 is 1.19 bits per heavy atom. The number of nitrogens with zero attached hydrogens (tertiary/aromatic N) is 1. The zero-order chi connectivity index (χ0) is 18.4. The number of ketones is 1. The van der Waals surface area contributed by atoms with Gasteiger partial charge in [-0.1, -0.05) is 47.2 Å². The number of nitrogens with two attached hydrogens (primary N) is 1. The van der Waals surface area contributed by atoms with E-state index in [2.05, 4.69) is 5.32 Å². The summed E-state index contributed by atoms with van der Waals surface area (Å²) in [6.45, 7) is 4.05. The average molecular weight is 382 g/mol. The normalized spacial score (nSPS) is 18.4. The molecule has 2 aromatic carbocycles. The fourth-order valence-electron chi connectivity index (χ4n) is 3.51. The van der Waals surface area contributed by atoms with E-state index in [1.807, 2.05) is 62.4 Å². The summed E-state index contributed by atoms with van der Waals surface area (Å²) in [5.74, 6) is 0.188. The molecule has 0 spiro atoms. The molecule has 3 aromatic rings. The number of aromatic nitrogens is 1. The van der Waals surface area contributed by atoms with Crippen molar-refractivity contribution in [3.05, 3.63) is 68.5 Å². The van der Waals surface area contributed by atoms with Crippen LogP contribution in [0.5, 0.6) is 0 Å². The van der Waals surface area contributed by atoms with Crippen molar-refractivity contribution in [1.82, 2.24) is 4.57 Å². The minimum absolute atomic E-state index is 0.0165. The van der Waals surface area contributed by atoms with Crippen molar-refractivity contribution in [2.75, 3.05) is 11.1 Å². The van der Waals surface area contributed by atoms with Crippen LogP contribution in [-0.2, 0) is 0 Å². The summed E-state index contributed by atoms with van der Waals surface area (Å²) < 4.78 is 2.37. The van der Waals surface area contributed by atoms with Gasteiger partial charge in [-0.25, -0.2) is 0 Å². The van der Waals surface area contributed by atoms with Crippen molar-refractivity contribution in [2.45, 2.75) is 25.8 Å². The number of rotatable bonds is 3. The Morgan fingerprint density at radius 3 is 2.62 bits per heavy atom. The smallest absolute Gasteiger partial charge is 0.186 e. The number of anilines is 2. The summed E-state index contributed by atoms with van der Waals surface area (Å²) >= 11 is 6.80. The van der Waals surface area contributed by atoms with E-state index in [-0.39, 0.29) is 17.7 Å². The first-order valence-corrected chi connectivity index (χ1v) is 9.68. The van der Waals surface area contributed by atoms with Gasteiger partial charge in [0.05, 0.1) is 5.92 Å². The van der Waals surface area contributed by atoms with Gasteiger partial charge in [0, 0.05) is 17.4 Å². The SMILES string of the molecule is Cc1ccc(-n2c(N)c(C(=O)[C@H]3c4ccccc4N[C@@H]3C)sc2=S)cc1. The summed E-state index contributed by atoms with van der Waals surface area (Å²) in [4.78, 5) is 13.9. The van der Waals surface area contributed by atoms with Crippen LogP contribution in [0.15, 0.2) is 48.5 Å². The lowest BCUT2D eigenvalue weighted by molar-refractivity contribution is 0.0961. The number of hydrogen-bond acceptors (Lipinski definition) is 5.